The zero-order chi connectivity index (χ0) is 34.8. The summed E-state index contributed by atoms with van der Waals surface area (Å²) in [6.07, 6.45) is 18.7. The standard InChI is InChI=1S/C41H60N4O4/c1-3-4-5-6-7-8-9-10-11-12-13-17-22-38(46)42-35-21-18-28-45(31-35)41(49)34-25-23-33(24-26-34)40(48)44(2)29-27-39(47)43-37-30-36(37)32-19-15-14-16-20-32/h14-16,19-20,23-26,35-37H,3-13,17-18,21-22,27-31H2,1-2H3,(H,42,46)(H,43,47)/t35-,36-,37+/m1/s1. The van der Waals surface area contributed by atoms with Gasteiger partial charge >= 0.3 is 0 Å². The minimum atomic E-state index is -0.186. The molecule has 2 N–H and O–H groups in total. The molecule has 268 valence electrons. The van der Waals surface area contributed by atoms with E-state index in [0.29, 0.717) is 43.1 Å². The lowest BCUT2D eigenvalue weighted by Crippen LogP contribution is -2.49. The number of nitrogens with one attached hydrogen (secondary N) is 2. The average molecular weight is 673 g/mol. The van der Waals surface area contributed by atoms with Gasteiger partial charge < -0.3 is 20.4 Å². The van der Waals surface area contributed by atoms with Crippen LogP contribution >= 0.6 is 0 Å². The van der Waals surface area contributed by atoms with Gasteiger partial charge in [0.15, 0.2) is 0 Å². The molecule has 4 amide bonds. The quantitative estimate of drug-likeness (QED) is 0.133. The molecular weight excluding hydrogens is 612 g/mol. The first kappa shape index (κ1) is 38.1. The maximum absolute atomic E-state index is 13.3. The second-order valence-electron chi connectivity index (χ2n) is 14.3. The highest BCUT2D eigenvalue weighted by Crippen LogP contribution is 2.40. The summed E-state index contributed by atoms with van der Waals surface area (Å²) in [5, 5.41) is 6.25. The number of amides is 4. The summed E-state index contributed by atoms with van der Waals surface area (Å²) >= 11 is 0. The molecule has 1 saturated carbocycles. The van der Waals surface area contributed by atoms with Crippen molar-refractivity contribution in [3.63, 3.8) is 0 Å². The molecule has 1 saturated heterocycles. The number of carbonyl (C=O) groups excluding carboxylic acids is 4. The number of rotatable bonds is 21. The number of piperidine rings is 1. The highest BCUT2D eigenvalue weighted by atomic mass is 16.2. The minimum Gasteiger partial charge on any atom is -0.353 e. The molecule has 3 atom stereocenters. The van der Waals surface area contributed by atoms with Gasteiger partial charge in [-0.05, 0) is 55.5 Å². The second-order valence-corrected chi connectivity index (χ2v) is 14.3. The van der Waals surface area contributed by atoms with Crippen LogP contribution < -0.4 is 10.6 Å². The van der Waals surface area contributed by atoms with Crippen molar-refractivity contribution in [3.05, 3.63) is 71.3 Å². The van der Waals surface area contributed by atoms with Crippen LogP contribution in [0.3, 0.4) is 0 Å². The van der Waals surface area contributed by atoms with E-state index in [0.717, 1.165) is 32.1 Å². The fraction of sp³-hybridized carbons (Fsp3) is 0.610. The number of hydrogen-bond acceptors (Lipinski definition) is 4. The van der Waals surface area contributed by atoms with E-state index in [2.05, 4.69) is 29.7 Å². The predicted octanol–water partition coefficient (Wildman–Crippen LogP) is 7.63. The maximum Gasteiger partial charge on any atom is 0.253 e. The Labute approximate surface area is 294 Å². The summed E-state index contributed by atoms with van der Waals surface area (Å²) < 4.78 is 0. The number of nitrogens with zero attached hydrogens (tertiary/aromatic N) is 2. The zero-order valence-corrected chi connectivity index (χ0v) is 30.1. The van der Waals surface area contributed by atoms with Gasteiger partial charge in [0.1, 0.15) is 0 Å². The van der Waals surface area contributed by atoms with Crippen LogP contribution in [0, 0.1) is 0 Å². The molecule has 0 bridgehead atoms. The fourth-order valence-corrected chi connectivity index (χ4v) is 6.94. The summed E-state index contributed by atoms with van der Waals surface area (Å²) in [5.41, 5.74) is 2.25. The molecule has 8 nitrogen and oxygen atoms in total. The Morgan fingerprint density at radius 1 is 0.735 bits per heavy atom. The van der Waals surface area contributed by atoms with E-state index in [1.807, 2.05) is 23.1 Å². The summed E-state index contributed by atoms with van der Waals surface area (Å²) in [6, 6.07) is 17.1. The molecule has 0 radical (unpaired) electrons. The Morgan fingerprint density at radius 3 is 1.98 bits per heavy atom. The topological polar surface area (TPSA) is 98.8 Å². The molecule has 0 unspecified atom stereocenters. The Bertz CT molecular complexity index is 1310. The van der Waals surface area contributed by atoms with Crippen molar-refractivity contribution >= 4 is 23.6 Å². The van der Waals surface area contributed by atoms with Crippen molar-refractivity contribution in [1.29, 1.82) is 0 Å². The van der Waals surface area contributed by atoms with Gasteiger partial charge in [0.05, 0.1) is 0 Å². The van der Waals surface area contributed by atoms with Crippen LogP contribution in [0.2, 0.25) is 0 Å². The Morgan fingerprint density at radius 2 is 1.33 bits per heavy atom. The molecule has 49 heavy (non-hydrogen) atoms. The van der Waals surface area contributed by atoms with Gasteiger partial charge in [-0.3, -0.25) is 19.2 Å². The van der Waals surface area contributed by atoms with Crippen molar-refractivity contribution in [3.8, 4) is 0 Å². The maximum atomic E-state index is 13.3. The van der Waals surface area contributed by atoms with E-state index in [1.165, 1.54) is 69.8 Å². The Balaban J connectivity index is 1.09. The smallest absolute Gasteiger partial charge is 0.253 e. The van der Waals surface area contributed by atoms with Crippen LogP contribution in [0.25, 0.3) is 0 Å². The molecule has 2 aliphatic rings. The van der Waals surface area contributed by atoms with Crippen molar-refractivity contribution in [2.45, 2.75) is 134 Å². The molecule has 2 aromatic rings. The molecule has 0 spiro atoms. The Hall–Kier alpha value is -3.68. The second kappa shape index (κ2) is 20.7. The molecule has 1 aliphatic carbocycles. The number of hydrogen-bond donors (Lipinski definition) is 2. The van der Waals surface area contributed by atoms with Crippen molar-refractivity contribution < 1.29 is 19.2 Å². The van der Waals surface area contributed by atoms with E-state index in [4.69, 9.17) is 0 Å². The van der Waals surface area contributed by atoms with Crippen molar-refractivity contribution in [2.75, 3.05) is 26.7 Å². The zero-order valence-electron chi connectivity index (χ0n) is 30.1. The van der Waals surface area contributed by atoms with Gasteiger partial charge in [-0.25, -0.2) is 0 Å². The first-order chi connectivity index (χ1) is 23.9. The summed E-state index contributed by atoms with van der Waals surface area (Å²) in [5.74, 6) is 0.130. The third kappa shape index (κ3) is 13.3. The lowest BCUT2D eigenvalue weighted by atomic mass is 10.0. The number of unbranched alkanes of at least 4 members (excludes halogenated alkanes) is 11. The normalized spacial score (nSPS) is 18.5. The van der Waals surface area contributed by atoms with Gasteiger partial charge in [0.2, 0.25) is 11.8 Å². The van der Waals surface area contributed by atoms with Crippen LogP contribution in [0.1, 0.15) is 148 Å². The van der Waals surface area contributed by atoms with E-state index < -0.39 is 0 Å². The molecule has 1 heterocycles. The number of benzene rings is 2. The van der Waals surface area contributed by atoms with Gasteiger partial charge in [0, 0.05) is 68.7 Å². The predicted molar refractivity (Wildman–Crippen MR) is 197 cm³/mol. The highest BCUT2D eigenvalue weighted by Gasteiger charge is 2.39. The SMILES string of the molecule is CCCCCCCCCCCCCCC(=O)N[C@@H]1CCCN(C(=O)c2ccc(C(=O)N(C)CCC(=O)N[C@H]3C[C@@H]3c3ccccc3)cc2)C1. The summed E-state index contributed by atoms with van der Waals surface area (Å²) in [4.78, 5) is 54.8. The molecule has 1 aliphatic heterocycles. The lowest BCUT2D eigenvalue weighted by Gasteiger charge is -2.33. The van der Waals surface area contributed by atoms with E-state index in [-0.39, 0.29) is 42.1 Å². The minimum absolute atomic E-state index is 0.0293. The fourth-order valence-electron chi connectivity index (χ4n) is 6.94. The molecule has 2 fully saturated rings. The van der Waals surface area contributed by atoms with E-state index >= 15 is 0 Å². The molecular formula is C41H60N4O4. The molecule has 2 aromatic carbocycles. The van der Waals surface area contributed by atoms with Gasteiger partial charge in [-0.2, -0.15) is 0 Å². The monoisotopic (exact) mass is 672 g/mol. The van der Waals surface area contributed by atoms with Crippen LogP contribution in [0.5, 0.6) is 0 Å². The van der Waals surface area contributed by atoms with Crippen molar-refractivity contribution in [1.82, 2.24) is 20.4 Å². The third-order valence-electron chi connectivity index (χ3n) is 10.1. The Kier molecular flexibility index (Phi) is 16.1. The largest absolute Gasteiger partial charge is 0.353 e. The van der Waals surface area contributed by atoms with Crippen LogP contribution in [0.4, 0.5) is 0 Å². The number of carbonyl (C=O) groups is 4. The highest BCUT2D eigenvalue weighted by molar-refractivity contribution is 5.98. The first-order valence-electron chi connectivity index (χ1n) is 19.1. The van der Waals surface area contributed by atoms with Crippen LogP contribution in [-0.4, -0.2) is 72.2 Å². The summed E-state index contributed by atoms with van der Waals surface area (Å²) in [7, 11) is 1.69. The van der Waals surface area contributed by atoms with Gasteiger partial charge in [-0.1, -0.05) is 108 Å². The van der Waals surface area contributed by atoms with E-state index in [1.54, 1.807) is 36.2 Å². The van der Waals surface area contributed by atoms with Crippen LogP contribution in [0.15, 0.2) is 54.6 Å². The molecule has 8 heteroatoms. The number of likely N-dealkylation sites (tertiary alicyclic amines) is 1. The summed E-state index contributed by atoms with van der Waals surface area (Å²) in [6.45, 7) is 3.73. The van der Waals surface area contributed by atoms with Gasteiger partial charge in [0.25, 0.3) is 11.8 Å². The van der Waals surface area contributed by atoms with Crippen molar-refractivity contribution in [2.24, 2.45) is 0 Å². The molecule has 4 rings (SSSR count). The average Bonchev–Trinajstić information content (AvgIpc) is 3.89. The lowest BCUT2D eigenvalue weighted by molar-refractivity contribution is -0.122. The molecule has 0 aromatic heterocycles. The first-order valence-corrected chi connectivity index (χ1v) is 19.1. The van der Waals surface area contributed by atoms with Crippen LogP contribution in [-0.2, 0) is 9.59 Å². The van der Waals surface area contributed by atoms with Gasteiger partial charge in [-0.15, -0.1) is 0 Å². The third-order valence-corrected chi connectivity index (χ3v) is 10.1. The van der Waals surface area contributed by atoms with E-state index in [9.17, 15) is 19.2 Å².